The Hall–Kier alpha value is -3.02. The molecular formula is C16H14O6. The number of phenols is 2. The van der Waals surface area contributed by atoms with E-state index in [0.717, 1.165) is 0 Å². The largest absolute Gasteiger partial charge is 0.508 e. The first-order valence-corrected chi connectivity index (χ1v) is 6.43. The van der Waals surface area contributed by atoms with Crippen molar-refractivity contribution in [2.75, 3.05) is 0 Å². The molecule has 0 saturated carbocycles. The van der Waals surface area contributed by atoms with E-state index in [4.69, 9.17) is 0 Å². The Kier molecular flexibility index (Phi) is 4.31. The van der Waals surface area contributed by atoms with E-state index in [1.807, 2.05) is 0 Å². The van der Waals surface area contributed by atoms with Crippen molar-refractivity contribution in [3.63, 3.8) is 0 Å². The van der Waals surface area contributed by atoms with Crippen LogP contribution in [0.4, 0.5) is 0 Å². The van der Waals surface area contributed by atoms with Crippen LogP contribution >= 0.6 is 0 Å². The van der Waals surface area contributed by atoms with E-state index in [1.165, 1.54) is 48.5 Å². The average Bonchev–Trinajstić information content (AvgIpc) is 2.46. The molecule has 0 amide bonds. The van der Waals surface area contributed by atoms with E-state index in [9.17, 15) is 30.0 Å². The van der Waals surface area contributed by atoms with Gasteiger partial charge in [0.2, 0.25) is 0 Å². The number of carboxylic acids is 2. The lowest BCUT2D eigenvalue weighted by Gasteiger charge is -2.21. The van der Waals surface area contributed by atoms with E-state index in [-0.39, 0.29) is 22.6 Å². The molecule has 2 rings (SSSR count). The maximum atomic E-state index is 11.6. The first kappa shape index (κ1) is 15.4. The third-order valence-electron chi connectivity index (χ3n) is 3.37. The number of hydrogen-bond donors (Lipinski definition) is 4. The van der Waals surface area contributed by atoms with Gasteiger partial charge >= 0.3 is 11.9 Å². The summed E-state index contributed by atoms with van der Waals surface area (Å²) in [6, 6.07) is 10.7. The summed E-state index contributed by atoms with van der Waals surface area (Å²) < 4.78 is 0. The summed E-state index contributed by atoms with van der Waals surface area (Å²) in [4.78, 5) is 23.2. The normalized spacial score (nSPS) is 13.3. The van der Waals surface area contributed by atoms with Gasteiger partial charge in [-0.15, -0.1) is 0 Å². The standard InChI is InChI=1S/C16H14O6/c17-11-5-1-9(2-6-11)13(15(19)20)14(16(21)22)10-3-7-12(18)8-4-10/h1-8,13-14,17-18H,(H,19,20)(H,21,22). The van der Waals surface area contributed by atoms with E-state index in [1.54, 1.807) is 0 Å². The molecule has 114 valence electrons. The molecule has 2 unspecified atom stereocenters. The van der Waals surface area contributed by atoms with Gasteiger partial charge in [-0.2, -0.15) is 0 Å². The lowest BCUT2D eigenvalue weighted by molar-refractivity contribution is -0.147. The molecule has 2 atom stereocenters. The van der Waals surface area contributed by atoms with Gasteiger partial charge in [0, 0.05) is 0 Å². The average molecular weight is 302 g/mol. The third kappa shape index (κ3) is 3.17. The van der Waals surface area contributed by atoms with Crippen molar-refractivity contribution in [1.82, 2.24) is 0 Å². The molecule has 0 aliphatic heterocycles. The van der Waals surface area contributed by atoms with Crippen molar-refractivity contribution < 1.29 is 30.0 Å². The van der Waals surface area contributed by atoms with Gasteiger partial charge in [0.15, 0.2) is 0 Å². The monoisotopic (exact) mass is 302 g/mol. The van der Waals surface area contributed by atoms with E-state index in [0.29, 0.717) is 0 Å². The van der Waals surface area contributed by atoms with Gasteiger partial charge in [0.05, 0.1) is 11.8 Å². The molecule has 0 bridgehead atoms. The van der Waals surface area contributed by atoms with Crippen molar-refractivity contribution in [2.24, 2.45) is 0 Å². The molecule has 4 N–H and O–H groups in total. The van der Waals surface area contributed by atoms with Crippen LogP contribution in [0.3, 0.4) is 0 Å². The number of hydrogen-bond acceptors (Lipinski definition) is 4. The van der Waals surface area contributed by atoms with Gasteiger partial charge in [0.25, 0.3) is 0 Å². The first-order chi connectivity index (χ1) is 10.4. The van der Waals surface area contributed by atoms with Crippen molar-refractivity contribution in [2.45, 2.75) is 11.8 Å². The van der Waals surface area contributed by atoms with Crippen LogP contribution in [0.5, 0.6) is 11.5 Å². The van der Waals surface area contributed by atoms with Gasteiger partial charge in [0.1, 0.15) is 11.5 Å². The Morgan fingerprint density at radius 3 is 1.14 bits per heavy atom. The lowest BCUT2D eigenvalue weighted by atomic mass is 9.81. The summed E-state index contributed by atoms with van der Waals surface area (Å²) in [6.45, 7) is 0. The van der Waals surface area contributed by atoms with Crippen LogP contribution in [0.1, 0.15) is 23.0 Å². The maximum Gasteiger partial charge on any atom is 0.312 e. The molecule has 0 heterocycles. The Balaban J connectivity index is 2.51. The molecule has 0 saturated heterocycles. The molecular weight excluding hydrogens is 288 g/mol. The van der Waals surface area contributed by atoms with Gasteiger partial charge in [-0.05, 0) is 35.4 Å². The van der Waals surface area contributed by atoms with Crippen LogP contribution < -0.4 is 0 Å². The maximum absolute atomic E-state index is 11.6. The Bertz CT molecular complexity index is 613. The number of phenolic OH excluding ortho intramolecular Hbond substituents is 2. The highest BCUT2D eigenvalue weighted by Crippen LogP contribution is 2.35. The number of aromatic hydroxyl groups is 2. The summed E-state index contributed by atoms with van der Waals surface area (Å²) in [5, 5.41) is 37.5. The highest BCUT2D eigenvalue weighted by Gasteiger charge is 2.36. The second-order valence-electron chi connectivity index (χ2n) is 4.81. The SMILES string of the molecule is O=C(O)C(c1ccc(O)cc1)C(C(=O)O)c1ccc(O)cc1. The van der Waals surface area contributed by atoms with Crippen molar-refractivity contribution in [1.29, 1.82) is 0 Å². The molecule has 0 aromatic heterocycles. The quantitative estimate of drug-likeness (QED) is 0.672. The van der Waals surface area contributed by atoms with Crippen LogP contribution in [0.2, 0.25) is 0 Å². The zero-order valence-corrected chi connectivity index (χ0v) is 11.4. The zero-order chi connectivity index (χ0) is 16.3. The number of carbonyl (C=O) groups is 2. The minimum absolute atomic E-state index is 0.0376. The molecule has 2 aromatic rings. The minimum Gasteiger partial charge on any atom is -0.508 e. The van der Waals surface area contributed by atoms with Crippen molar-refractivity contribution in [3.8, 4) is 11.5 Å². The summed E-state index contributed by atoms with van der Waals surface area (Å²) in [5.74, 6) is -5.28. The molecule has 0 aliphatic rings. The second-order valence-corrected chi connectivity index (χ2v) is 4.81. The second kappa shape index (κ2) is 6.17. The topological polar surface area (TPSA) is 115 Å². The Labute approximate surface area is 125 Å². The van der Waals surface area contributed by atoms with Crippen molar-refractivity contribution >= 4 is 11.9 Å². The molecule has 6 nitrogen and oxygen atoms in total. The molecule has 0 fully saturated rings. The Morgan fingerprint density at radius 2 is 0.909 bits per heavy atom. The predicted molar refractivity (Wildman–Crippen MR) is 77.0 cm³/mol. The van der Waals surface area contributed by atoms with Crippen LogP contribution in [0.15, 0.2) is 48.5 Å². The molecule has 2 aromatic carbocycles. The lowest BCUT2D eigenvalue weighted by Crippen LogP contribution is -2.26. The van der Waals surface area contributed by atoms with Crippen molar-refractivity contribution in [3.05, 3.63) is 59.7 Å². The summed E-state index contributed by atoms with van der Waals surface area (Å²) in [5.41, 5.74) is 0.538. The molecule has 6 heteroatoms. The van der Waals surface area contributed by atoms with E-state index < -0.39 is 23.8 Å². The highest BCUT2D eigenvalue weighted by molar-refractivity contribution is 5.88. The van der Waals surface area contributed by atoms with Gasteiger partial charge < -0.3 is 20.4 Å². The minimum atomic E-state index is -1.32. The van der Waals surface area contributed by atoms with Crippen LogP contribution in [-0.2, 0) is 9.59 Å². The third-order valence-corrected chi connectivity index (χ3v) is 3.37. The predicted octanol–water partition coefficient (Wildman–Crippen LogP) is 2.13. The summed E-state index contributed by atoms with van der Waals surface area (Å²) >= 11 is 0. The van der Waals surface area contributed by atoms with Crippen LogP contribution in [0.25, 0.3) is 0 Å². The van der Waals surface area contributed by atoms with Gasteiger partial charge in [-0.3, -0.25) is 9.59 Å². The highest BCUT2D eigenvalue weighted by atomic mass is 16.4. The smallest absolute Gasteiger partial charge is 0.312 e. The fraction of sp³-hybridized carbons (Fsp3) is 0.125. The number of benzene rings is 2. The fourth-order valence-electron chi connectivity index (χ4n) is 2.32. The Morgan fingerprint density at radius 1 is 0.636 bits per heavy atom. The number of carboxylic acid groups (broad SMARTS) is 2. The van der Waals surface area contributed by atoms with Gasteiger partial charge in [-0.25, -0.2) is 0 Å². The van der Waals surface area contributed by atoms with Crippen LogP contribution in [-0.4, -0.2) is 32.4 Å². The molecule has 0 spiro atoms. The first-order valence-electron chi connectivity index (χ1n) is 6.43. The van der Waals surface area contributed by atoms with E-state index >= 15 is 0 Å². The number of rotatable bonds is 5. The summed E-state index contributed by atoms with van der Waals surface area (Å²) in [6.07, 6.45) is 0. The van der Waals surface area contributed by atoms with E-state index in [2.05, 4.69) is 0 Å². The molecule has 0 radical (unpaired) electrons. The number of aliphatic carboxylic acids is 2. The molecule has 22 heavy (non-hydrogen) atoms. The fourth-order valence-corrected chi connectivity index (χ4v) is 2.32. The molecule has 0 aliphatic carbocycles. The van der Waals surface area contributed by atoms with Gasteiger partial charge in [-0.1, -0.05) is 24.3 Å². The van der Waals surface area contributed by atoms with Crippen LogP contribution in [0, 0.1) is 0 Å². The summed E-state index contributed by atoms with van der Waals surface area (Å²) in [7, 11) is 0. The zero-order valence-electron chi connectivity index (χ0n) is 11.4.